The molecule has 0 saturated carbocycles. The molecule has 1 aromatic heterocycles. The lowest BCUT2D eigenvalue weighted by atomic mass is 10.0. The lowest BCUT2D eigenvalue weighted by Gasteiger charge is -2.19. The Kier molecular flexibility index (Phi) is 6.57. The fourth-order valence-electron chi connectivity index (χ4n) is 2.59. The Labute approximate surface area is 165 Å². The van der Waals surface area contributed by atoms with Gasteiger partial charge in [0, 0.05) is 19.4 Å². The number of carbonyl (C=O) groups excluding carboxylic acids is 2. The second-order valence-electron chi connectivity index (χ2n) is 7.45. The number of ether oxygens (including phenoxy) is 2. The average molecular weight is 382 g/mol. The lowest BCUT2D eigenvalue weighted by molar-refractivity contribution is 0.00689. The van der Waals surface area contributed by atoms with Crippen LogP contribution in [-0.2, 0) is 4.74 Å². The van der Waals surface area contributed by atoms with Crippen molar-refractivity contribution in [2.75, 3.05) is 7.05 Å². The molecule has 1 N–H and O–H groups in total. The Morgan fingerprint density at radius 3 is 2.25 bits per heavy atom. The van der Waals surface area contributed by atoms with Crippen LogP contribution in [0.1, 0.15) is 53.4 Å². The number of esters is 1. The summed E-state index contributed by atoms with van der Waals surface area (Å²) < 4.78 is 10.6. The van der Waals surface area contributed by atoms with Gasteiger partial charge in [-0.25, -0.2) is 9.59 Å². The average Bonchev–Trinajstić information content (AvgIpc) is 2.59. The minimum atomic E-state index is -0.560. The third-order valence-corrected chi connectivity index (χ3v) is 3.82. The molecule has 0 fully saturated rings. The van der Waals surface area contributed by atoms with Crippen LogP contribution in [-0.4, -0.2) is 29.7 Å². The van der Waals surface area contributed by atoms with Crippen molar-refractivity contribution in [3.63, 3.8) is 0 Å². The topological polar surface area (TPSA) is 77.5 Å². The fourth-order valence-corrected chi connectivity index (χ4v) is 2.59. The normalized spacial score (nSPS) is 11.4. The van der Waals surface area contributed by atoms with Crippen LogP contribution in [0.4, 0.5) is 4.79 Å². The molecule has 0 bridgehead atoms. The van der Waals surface area contributed by atoms with Gasteiger partial charge in [0.1, 0.15) is 11.4 Å². The predicted molar refractivity (Wildman–Crippen MR) is 109 cm³/mol. The minimum Gasteiger partial charge on any atom is -0.456 e. The summed E-state index contributed by atoms with van der Waals surface area (Å²) in [5.41, 5.74) is 3.56. The molecule has 1 amide bonds. The molecule has 1 aromatic carbocycles. The van der Waals surface area contributed by atoms with Crippen molar-refractivity contribution in [1.82, 2.24) is 10.3 Å². The second-order valence-corrected chi connectivity index (χ2v) is 7.45. The minimum absolute atomic E-state index is 0.403. The van der Waals surface area contributed by atoms with Crippen LogP contribution in [0.5, 0.6) is 5.75 Å². The van der Waals surface area contributed by atoms with Gasteiger partial charge in [-0.1, -0.05) is 12.2 Å². The van der Waals surface area contributed by atoms with Crippen molar-refractivity contribution in [1.29, 1.82) is 0 Å². The highest BCUT2D eigenvalue weighted by Gasteiger charge is 2.18. The Morgan fingerprint density at radius 1 is 1.04 bits per heavy atom. The maximum Gasteiger partial charge on any atom is 0.412 e. The van der Waals surface area contributed by atoms with Crippen LogP contribution in [0.25, 0.3) is 12.2 Å². The molecule has 2 rings (SSSR count). The van der Waals surface area contributed by atoms with E-state index in [1.807, 2.05) is 46.8 Å². The van der Waals surface area contributed by atoms with Gasteiger partial charge in [-0.3, -0.25) is 4.98 Å². The predicted octanol–water partition coefficient (Wildman–Crippen LogP) is 4.54. The fraction of sp³-hybridized carbons (Fsp3) is 0.318. The van der Waals surface area contributed by atoms with Gasteiger partial charge >= 0.3 is 12.1 Å². The number of hydrogen-bond acceptors (Lipinski definition) is 5. The van der Waals surface area contributed by atoms with Gasteiger partial charge in [0.15, 0.2) is 0 Å². The SMILES string of the molecule is CNC(=O)Oc1cc(C)c(/C=C/c2cncc(C(=O)OC(C)(C)C)c2)c(C)c1. The molecule has 6 heteroatoms. The molecule has 148 valence electrons. The highest BCUT2D eigenvalue weighted by Crippen LogP contribution is 2.24. The van der Waals surface area contributed by atoms with E-state index in [1.165, 1.54) is 13.2 Å². The number of hydrogen-bond donors (Lipinski definition) is 1. The van der Waals surface area contributed by atoms with Crippen LogP contribution < -0.4 is 10.1 Å². The first-order chi connectivity index (χ1) is 13.1. The molecule has 0 saturated heterocycles. The highest BCUT2D eigenvalue weighted by molar-refractivity contribution is 5.90. The summed E-state index contributed by atoms with van der Waals surface area (Å²) in [6, 6.07) is 5.35. The van der Waals surface area contributed by atoms with Crippen LogP contribution in [0.15, 0.2) is 30.6 Å². The maximum atomic E-state index is 12.2. The molecule has 2 aromatic rings. The molecule has 1 heterocycles. The molecule has 0 unspecified atom stereocenters. The number of aryl methyl sites for hydroxylation is 2. The number of pyridine rings is 1. The third-order valence-electron chi connectivity index (χ3n) is 3.82. The van der Waals surface area contributed by atoms with E-state index in [0.717, 1.165) is 22.3 Å². The van der Waals surface area contributed by atoms with Crippen molar-refractivity contribution in [3.8, 4) is 5.75 Å². The van der Waals surface area contributed by atoms with E-state index in [-0.39, 0.29) is 0 Å². The van der Waals surface area contributed by atoms with Crippen LogP contribution in [0, 0.1) is 13.8 Å². The van der Waals surface area contributed by atoms with Crippen molar-refractivity contribution in [3.05, 3.63) is 58.4 Å². The number of rotatable bonds is 4. The van der Waals surface area contributed by atoms with Crippen molar-refractivity contribution in [2.24, 2.45) is 0 Å². The standard InChI is InChI=1S/C22H26N2O4/c1-14-9-18(27-21(26)23-6)10-15(2)19(14)8-7-16-11-17(13-24-12-16)20(25)28-22(3,4)5/h7-13H,1-6H3,(H,23,26)/b8-7+. The quantitative estimate of drug-likeness (QED) is 0.786. The van der Waals surface area contributed by atoms with E-state index in [9.17, 15) is 9.59 Å². The highest BCUT2D eigenvalue weighted by atomic mass is 16.6. The van der Waals surface area contributed by atoms with Gasteiger partial charge in [0.2, 0.25) is 0 Å². The molecule has 0 spiro atoms. The summed E-state index contributed by atoms with van der Waals surface area (Å²) in [6.45, 7) is 9.36. The van der Waals surface area contributed by atoms with E-state index in [4.69, 9.17) is 9.47 Å². The zero-order chi connectivity index (χ0) is 20.9. The summed E-state index contributed by atoms with van der Waals surface area (Å²) in [7, 11) is 1.51. The van der Waals surface area contributed by atoms with E-state index in [1.54, 1.807) is 24.4 Å². The summed E-state index contributed by atoms with van der Waals surface area (Å²) in [4.78, 5) is 27.7. The van der Waals surface area contributed by atoms with Gasteiger partial charge in [0.05, 0.1) is 5.56 Å². The number of aromatic nitrogens is 1. The molecular weight excluding hydrogens is 356 g/mol. The van der Waals surface area contributed by atoms with Gasteiger partial charge in [-0.15, -0.1) is 0 Å². The monoisotopic (exact) mass is 382 g/mol. The molecule has 0 aliphatic heterocycles. The molecule has 6 nitrogen and oxygen atoms in total. The number of carbonyl (C=O) groups is 2. The zero-order valence-electron chi connectivity index (χ0n) is 17.1. The van der Waals surface area contributed by atoms with Crippen LogP contribution in [0.3, 0.4) is 0 Å². The lowest BCUT2D eigenvalue weighted by Crippen LogP contribution is -2.24. The molecule has 0 atom stereocenters. The first-order valence-corrected chi connectivity index (χ1v) is 8.96. The first kappa shape index (κ1) is 21.2. The van der Waals surface area contributed by atoms with Gasteiger partial charge in [0.25, 0.3) is 0 Å². The molecular formula is C22H26N2O4. The van der Waals surface area contributed by atoms with E-state index >= 15 is 0 Å². The van der Waals surface area contributed by atoms with E-state index in [2.05, 4.69) is 10.3 Å². The first-order valence-electron chi connectivity index (χ1n) is 8.96. The Morgan fingerprint density at radius 2 is 1.68 bits per heavy atom. The van der Waals surface area contributed by atoms with Gasteiger partial charge in [-0.05, 0) is 75.1 Å². The zero-order valence-corrected chi connectivity index (χ0v) is 17.1. The van der Waals surface area contributed by atoms with Crippen LogP contribution in [0.2, 0.25) is 0 Å². The summed E-state index contributed by atoms with van der Waals surface area (Å²) in [5.74, 6) is 0.0819. The number of nitrogens with zero attached hydrogens (tertiary/aromatic N) is 1. The van der Waals surface area contributed by atoms with Crippen molar-refractivity contribution in [2.45, 2.75) is 40.2 Å². The molecule has 0 aliphatic carbocycles. The second kappa shape index (κ2) is 8.69. The number of nitrogens with one attached hydrogen (secondary N) is 1. The summed E-state index contributed by atoms with van der Waals surface area (Å²) in [6.07, 6.45) is 6.50. The smallest absolute Gasteiger partial charge is 0.412 e. The van der Waals surface area contributed by atoms with Gasteiger partial charge in [-0.2, -0.15) is 0 Å². The maximum absolute atomic E-state index is 12.2. The van der Waals surface area contributed by atoms with E-state index in [0.29, 0.717) is 11.3 Å². The third kappa shape index (κ3) is 5.94. The Balaban J connectivity index is 2.23. The molecule has 0 aliphatic rings. The van der Waals surface area contributed by atoms with Gasteiger partial charge < -0.3 is 14.8 Å². The Hall–Kier alpha value is -3.15. The van der Waals surface area contributed by atoms with Crippen molar-refractivity contribution >= 4 is 24.2 Å². The Bertz CT molecular complexity index is 888. The molecule has 28 heavy (non-hydrogen) atoms. The van der Waals surface area contributed by atoms with Crippen LogP contribution >= 0.6 is 0 Å². The van der Waals surface area contributed by atoms with Crippen molar-refractivity contribution < 1.29 is 19.1 Å². The number of benzene rings is 1. The van der Waals surface area contributed by atoms with E-state index < -0.39 is 17.7 Å². The largest absolute Gasteiger partial charge is 0.456 e. The number of amides is 1. The summed E-state index contributed by atoms with van der Waals surface area (Å²) >= 11 is 0. The molecule has 0 radical (unpaired) electrons. The summed E-state index contributed by atoms with van der Waals surface area (Å²) in [5, 5.41) is 2.42.